The quantitative estimate of drug-likeness (QED) is 0.606. The summed E-state index contributed by atoms with van der Waals surface area (Å²) in [7, 11) is 0. The van der Waals surface area contributed by atoms with Crippen LogP contribution in [0.4, 0.5) is 0 Å². The van der Waals surface area contributed by atoms with Crippen molar-refractivity contribution in [1.82, 2.24) is 0 Å². The molecule has 0 heterocycles. The maximum absolute atomic E-state index is 5.62. The molecular formula is C8H10OPSe2-. The number of hydrogen-bond donors (Lipinski definition) is 0. The van der Waals surface area contributed by atoms with E-state index in [1.165, 1.54) is 5.30 Å². The van der Waals surface area contributed by atoms with Crippen LogP contribution in [0.25, 0.3) is 0 Å². The molecule has 0 saturated heterocycles. The Balaban J connectivity index is 2.82. The summed E-state index contributed by atoms with van der Waals surface area (Å²) in [6.45, 7) is 2.75. The maximum atomic E-state index is 5.62. The third-order valence-electron chi connectivity index (χ3n) is 1.37. The van der Waals surface area contributed by atoms with Gasteiger partial charge < -0.3 is 0 Å². The third-order valence-corrected chi connectivity index (χ3v) is 6.88. The van der Waals surface area contributed by atoms with Crippen molar-refractivity contribution in [2.75, 3.05) is 6.61 Å². The molecule has 0 bridgehead atoms. The van der Waals surface area contributed by atoms with Crippen LogP contribution in [0.5, 0.6) is 0 Å². The first-order chi connectivity index (χ1) is 5.67. The molecule has 0 unspecified atom stereocenters. The monoisotopic (exact) mass is 313 g/mol. The van der Waals surface area contributed by atoms with E-state index in [4.69, 9.17) is 4.52 Å². The molecular weight excluding hydrogens is 301 g/mol. The first kappa shape index (κ1) is 10.7. The van der Waals surface area contributed by atoms with Gasteiger partial charge in [0.15, 0.2) is 0 Å². The predicted molar refractivity (Wildman–Crippen MR) is 56.1 cm³/mol. The van der Waals surface area contributed by atoms with E-state index >= 15 is 0 Å². The fourth-order valence-electron chi connectivity index (χ4n) is 0.855. The molecule has 0 aromatic heterocycles. The van der Waals surface area contributed by atoms with Crippen LogP contribution < -0.4 is 5.30 Å². The number of rotatable bonds is 3. The van der Waals surface area contributed by atoms with Crippen molar-refractivity contribution in [3.8, 4) is 0 Å². The molecule has 0 aliphatic heterocycles. The average molecular weight is 311 g/mol. The summed E-state index contributed by atoms with van der Waals surface area (Å²) in [6, 6.07) is 10.2. The van der Waals surface area contributed by atoms with E-state index in [9.17, 15) is 0 Å². The van der Waals surface area contributed by atoms with Gasteiger partial charge in [0.2, 0.25) is 0 Å². The molecule has 0 aliphatic rings. The summed E-state index contributed by atoms with van der Waals surface area (Å²) < 4.78 is 5.62. The van der Waals surface area contributed by atoms with Gasteiger partial charge in [-0.3, -0.25) is 0 Å². The molecule has 1 aromatic rings. The van der Waals surface area contributed by atoms with Crippen molar-refractivity contribution in [1.29, 1.82) is 0 Å². The molecule has 4 heteroatoms. The van der Waals surface area contributed by atoms with E-state index in [1.807, 2.05) is 25.1 Å². The molecule has 0 radical (unpaired) electrons. The Morgan fingerprint density at radius 2 is 1.83 bits per heavy atom. The topological polar surface area (TPSA) is 9.23 Å². The summed E-state index contributed by atoms with van der Waals surface area (Å²) in [5.41, 5.74) is 0. The summed E-state index contributed by atoms with van der Waals surface area (Å²) in [6.07, 6.45) is 0. The van der Waals surface area contributed by atoms with Crippen LogP contribution in [0.1, 0.15) is 6.92 Å². The van der Waals surface area contributed by atoms with Crippen LogP contribution in [-0.4, -0.2) is 37.7 Å². The molecule has 0 N–H and O–H groups in total. The van der Waals surface area contributed by atoms with Gasteiger partial charge in [0, 0.05) is 0 Å². The standard InChI is InChI=1S/C8H11OPSe2/c1-2-9-10(11,12)8-6-4-3-5-7-8/h3-7H,2H2,1H3,(H,11,12)/p-1. The van der Waals surface area contributed by atoms with Gasteiger partial charge in [0.05, 0.1) is 0 Å². The van der Waals surface area contributed by atoms with Gasteiger partial charge >= 0.3 is 89.7 Å². The van der Waals surface area contributed by atoms with Crippen LogP contribution >= 0.6 is 4.87 Å². The first-order valence-electron chi connectivity index (χ1n) is 3.68. The van der Waals surface area contributed by atoms with E-state index in [0.29, 0.717) is 0 Å². The summed E-state index contributed by atoms with van der Waals surface area (Å²) >= 11 is 6.21. The molecule has 66 valence electrons. The Morgan fingerprint density at radius 3 is 2.33 bits per heavy atom. The fourth-order valence-corrected chi connectivity index (χ4v) is 4.74. The summed E-state index contributed by atoms with van der Waals surface area (Å²) in [4.78, 5) is -1.54. The number of hydrogen-bond acceptors (Lipinski definition) is 1. The molecule has 12 heavy (non-hydrogen) atoms. The van der Waals surface area contributed by atoms with E-state index in [2.05, 4.69) is 43.3 Å². The van der Waals surface area contributed by atoms with Gasteiger partial charge in [-0.2, -0.15) is 0 Å². The van der Waals surface area contributed by atoms with Gasteiger partial charge in [0.1, 0.15) is 0 Å². The van der Waals surface area contributed by atoms with Gasteiger partial charge in [-0.25, -0.2) is 0 Å². The Bertz CT molecular complexity index is 238. The van der Waals surface area contributed by atoms with Gasteiger partial charge in [-0.05, 0) is 0 Å². The second-order valence-electron chi connectivity index (χ2n) is 2.25. The molecule has 1 aromatic carbocycles. The van der Waals surface area contributed by atoms with Crippen molar-refractivity contribution >= 4 is 41.3 Å². The van der Waals surface area contributed by atoms with Crippen molar-refractivity contribution in [2.45, 2.75) is 6.92 Å². The molecule has 0 saturated carbocycles. The molecule has 0 spiro atoms. The van der Waals surface area contributed by atoms with Crippen molar-refractivity contribution < 1.29 is 4.52 Å². The van der Waals surface area contributed by atoms with Gasteiger partial charge in [-0.1, -0.05) is 0 Å². The minimum atomic E-state index is -1.54. The van der Waals surface area contributed by atoms with Crippen LogP contribution in [0.2, 0.25) is 0 Å². The summed E-state index contributed by atoms with van der Waals surface area (Å²) in [5, 5.41) is 1.23. The first-order valence-corrected chi connectivity index (χ1v) is 9.82. The van der Waals surface area contributed by atoms with E-state index < -0.39 is 4.87 Å². The molecule has 1 nitrogen and oxygen atoms in total. The third kappa shape index (κ3) is 2.85. The fraction of sp³-hybridized carbons (Fsp3) is 0.250. The normalized spacial score (nSPS) is 11.6. The van der Waals surface area contributed by atoms with E-state index in [0.717, 1.165) is 6.61 Å². The van der Waals surface area contributed by atoms with Crippen molar-refractivity contribution in [3.05, 3.63) is 30.3 Å². The van der Waals surface area contributed by atoms with Crippen LogP contribution in [-0.2, 0) is 4.52 Å². The Labute approximate surface area is 89.5 Å². The zero-order valence-corrected chi connectivity index (χ0v) is 11.1. The molecule has 0 amide bonds. The summed E-state index contributed by atoms with van der Waals surface area (Å²) in [5.74, 6) is 0. The van der Waals surface area contributed by atoms with Gasteiger partial charge in [-0.15, -0.1) is 0 Å². The van der Waals surface area contributed by atoms with Crippen LogP contribution in [0, 0.1) is 0 Å². The molecule has 0 atom stereocenters. The van der Waals surface area contributed by atoms with Crippen molar-refractivity contribution in [2.24, 2.45) is 0 Å². The zero-order valence-electron chi connectivity index (χ0n) is 6.77. The Kier molecular flexibility index (Phi) is 4.26. The zero-order chi connectivity index (χ0) is 9.03. The SMILES string of the molecule is CCO[P+]([Se-])([Se-])c1ccccc1. The predicted octanol–water partition coefficient (Wildman–Crippen LogP) is 1.45. The number of benzene rings is 1. The van der Waals surface area contributed by atoms with E-state index in [1.54, 1.807) is 0 Å². The van der Waals surface area contributed by atoms with E-state index in [-0.39, 0.29) is 0 Å². The second kappa shape index (κ2) is 4.77. The van der Waals surface area contributed by atoms with Gasteiger partial charge in [0.25, 0.3) is 0 Å². The Morgan fingerprint density at radius 1 is 1.25 bits per heavy atom. The molecule has 0 aliphatic carbocycles. The minimum absolute atomic E-state index is 0.739. The Hall–Kier alpha value is 0.649. The molecule has 0 fully saturated rings. The van der Waals surface area contributed by atoms with Crippen LogP contribution in [0.15, 0.2) is 30.3 Å². The van der Waals surface area contributed by atoms with Crippen LogP contribution in [0.3, 0.4) is 0 Å². The molecule has 1 rings (SSSR count). The second-order valence-corrected chi connectivity index (χ2v) is 14.0. The van der Waals surface area contributed by atoms with Crippen molar-refractivity contribution in [3.63, 3.8) is 0 Å². The average Bonchev–Trinajstić information content (AvgIpc) is 2.06.